The maximum atomic E-state index is 12.6. The molecule has 1 aliphatic rings. The van der Waals surface area contributed by atoms with Crippen molar-refractivity contribution in [2.45, 2.75) is 64.1 Å². The van der Waals surface area contributed by atoms with Crippen LogP contribution < -0.4 is 10.2 Å². The summed E-state index contributed by atoms with van der Waals surface area (Å²) in [4.78, 5) is 25.4. The molecule has 1 aromatic carbocycles. The second-order valence-electron chi connectivity index (χ2n) is 6.86. The minimum Gasteiger partial charge on any atom is -0.478 e. The molecule has 7 heteroatoms. The Labute approximate surface area is 153 Å². The number of aliphatic hydroxyl groups excluding tert-OH is 2. The van der Waals surface area contributed by atoms with Gasteiger partial charge in [0.2, 0.25) is 5.91 Å². The molecule has 1 fully saturated rings. The van der Waals surface area contributed by atoms with E-state index < -0.39 is 17.6 Å². The first kappa shape index (κ1) is 20.2. The highest BCUT2D eigenvalue weighted by atomic mass is 16.4. The number of amides is 1. The van der Waals surface area contributed by atoms with Crippen molar-refractivity contribution in [3.05, 3.63) is 23.8 Å². The van der Waals surface area contributed by atoms with E-state index in [-0.39, 0.29) is 30.5 Å². The van der Waals surface area contributed by atoms with Gasteiger partial charge in [-0.05, 0) is 44.4 Å². The van der Waals surface area contributed by atoms with Crippen LogP contribution in [0.4, 0.5) is 11.4 Å². The third-order valence-corrected chi connectivity index (χ3v) is 5.35. The van der Waals surface area contributed by atoms with E-state index in [1.54, 1.807) is 13.0 Å². The Kier molecular flexibility index (Phi) is 6.26. The maximum absolute atomic E-state index is 12.6. The van der Waals surface area contributed by atoms with Crippen molar-refractivity contribution in [2.75, 3.05) is 16.8 Å². The van der Waals surface area contributed by atoms with Gasteiger partial charge in [-0.2, -0.15) is 0 Å². The molecule has 1 heterocycles. The first-order valence-electron chi connectivity index (χ1n) is 9.06. The van der Waals surface area contributed by atoms with E-state index in [4.69, 9.17) is 0 Å². The van der Waals surface area contributed by atoms with E-state index in [0.717, 1.165) is 12.8 Å². The molecule has 0 spiro atoms. The molecule has 2 unspecified atom stereocenters. The quantitative estimate of drug-likeness (QED) is 0.563. The smallest absolute Gasteiger partial charge is 0.335 e. The SMILES string of the molecule is CCC(CC)Nc1cc(C(=O)O)ccc1N1C(=O)CCC1(CO)C(C)O. The number of hydrogen-bond acceptors (Lipinski definition) is 5. The summed E-state index contributed by atoms with van der Waals surface area (Å²) in [6.07, 6.45) is 1.30. The second-order valence-corrected chi connectivity index (χ2v) is 6.86. The molecule has 0 aliphatic carbocycles. The van der Waals surface area contributed by atoms with Gasteiger partial charge in [0.25, 0.3) is 0 Å². The van der Waals surface area contributed by atoms with Gasteiger partial charge in [0, 0.05) is 12.5 Å². The Bertz CT molecular complexity index is 672. The molecule has 1 aliphatic heterocycles. The first-order chi connectivity index (χ1) is 12.3. The summed E-state index contributed by atoms with van der Waals surface area (Å²) in [5.74, 6) is -1.25. The molecule has 1 amide bonds. The van der Waals surface area contributed by atoms with Gasteiger partial charge >= 0.3 is 5.97 Å². The molecule has 1 saturated heterocycles. The molecular weight excluding hydrogens is 336 g/mol. The van der Waals surface area contributed by atoms with Gasteiger partial charge in [-0.25, -0.2) is 4.79 Å². The van der Waals surface area contributed by atoms with Crippen molar-refractivity contribution < 1.29 is 24.9 Å². The number of carboxylic acids is 1. The molecule has 0 saturated carbocycles. The average Bonchev–Trinajstić information content (AvgIpc) is 2.97. The van der Waals surface area contributed by atoms with Gasteiger partial charge in [-0.3, -0.25) is 9.69 Å². The summed E-state index contributed by atoms with van der Waals surface area (Å²) < 4.78 is 0. The molecule has 0 radical (unpaired) electrons. The van der Waals surface area contributed by atoms with Gasteiger partial charge in [-0.1, -0.05) is 13.8 Å². The summed E-state index contributed by atoms with van der Waals surface area (Å²) >= 11 is 0. The fourth-order valence-electron chi connectivity index (χ4n) is 3.54. The first-order valence-corrected chi connectivity index (χ1v) is 9.06. The molecule has 1 aromatic rings. The van der Waals surface area contributed by atoms with Gasteiger partial charge in [0.1, 0.15) is 0 Å². The minimum atomic E-state index is -1.10. The number of nitrogens with zero attached hydrogens (tertiary/aromatic N) is 1. The summed E-state index contributed by atoms with van der Waals surface area (Å²) in [7, 11) is 0. The Morgan fingerprint density at radius 2 is 2.00 bits per heavy atom. The predicted molar refractivity (Wildman–Crippen MR) is 99.6 cm³/mol. The number of hydrogen-bond donors (Lipinski definition) is 4. The molecule has 0 bridgehead atoms. The summed E-state index contributed by atoms with van der Waals surface area (Å²) in [6, 6.07) is 4.63. The lowest BCUT2D eigenvalue weighted by molar-refractivity contribution is -0.118. The number of carbonyl (C=O) groups is 2. The lowest BCUT2D eigenvalue weighted by atomic mass is 9.90. The number of anilines is 2. The lowest BCUT2D eigenvalue weighted by Crippen LogP contribution is -2.56. The standard InChI is InChI=1S/C19H28N2O5/c1-4-14(5-2)20-15-10-13(18(25)26)6-7-16(15)21-17(24)8-9-19(21,11-22)12(3)23/h6-7,10,12,14,20,22-23H,4-5,8-9,11H2,1-3H3,(H,25,26). The fraction of sp³-hybridized carbons (Fsp3) is 0.579. The van der Waals surface area contributed by atoms with Gasteiger partial charge in [0.15, 0.2) is 0 Å². The van der Waals surface area contributed by atoms with E-state index in [1.807, 2.05) is 13.8 Å². The summed E-state index contributed by atoms with van der Waals surface area (Å²) in [6.45, 7) is 5.23. The van der Waals surface area contributed by atoms with Crippen molar-refractivity contribution in [3.8, 4) is 0 Å². The van der Waals surface area contributed by atoms with Gasteiger partial charge in [-0.15, -0.1) is 0 Å². The molecule has 2 rings (SSSR count). The second kappa shape index (κ2) is 8.05. The van der Waals surface area contributed by atoms with Crippen molar-refractivity contribution in [3.63, 3.8) is 0 Å². The Hall–Kier alpha value is -2.12. The van der Waals surface area contributed by atoms with Crippen LogP contribution in [0.1, 0.15) is 56.8 Å². The van der Waals surface area contributed by atoms with Gasteiger partial charge < -0.3 is 20.6 Å². The average molecular weight is 364 g/mol. The zero-order valence-corrected chi connectivity index (χ0v) is 15.5. The fourth-order valence-corrected chi connectivity index (χ4v) is 3.54. The van der Waals surface area contributed by atoms with Crippen LogP contribution in [0.15, 0.2) is 18.2 Å². The van der Waals surface area contributed by atoms with E-state index in [2.05, 4.69) is 5.32 Å². The number of carbonyl (C=O) groups excluding carboxylic acids is 1. The number of aliphatic hydroxyl groups is 2. The molecule has 26 heavy (non-hydrogen) atoms. The van der Waals surface area contributed by atoms with Crippen LogP contribution in [0, 0.1) is 0 Å². The Morgan fingerprint density at radius 3 is 2.50 bits per heavy atom. The van der Waals surface area contributed by atoms with Crippen LogP contribution in [-0.2, 0) is 4.79 Å². The van der Waals surface area contributed by atoms with Crippen molar-refractivity contribution in [2.24, 2.45) is 0 Å². The normalized spacial score (nSPS) is 21.3. The molecule has 7 nitrogen and oxygen atoms in total. The number of nitrogens with one attached hydrogen (secondary N) is 1. The van der Waals surface area contributed by atoms with Gasteiger partial charge in [0.05, 0.1) is 35.2 Å². The molecular formula is C19H28N2O5. The topological polar surface area (TPSA) is 110 Å². The third kappa shape index (κ3) is 3.54. The number of benzene rings is 1. The van der Waals surface area contributed by atoms with Crippen LogP contribution in [0.3, 0.4) is 0 Å². The highest BCUT2D eigenvalue weighted by molar-refractivity contribution is 6.02. The highest BCUT2D eigenvalue weighted by Crippen LogP contribution is 2.41. The van der Waals surface area contributed by atoms with Crippen LogP contribution >= 0.6 is 0 Å². The number of aromatic carboxylic acids is 1. The molecule has 0 aromatic heterocycles. The van der Waals surface area contributed by atoms with Crippen LogP contribution in [0.5, 0.6) is 0 Å². The predicted octanol–water partition coefficient (Wildman–Crippen LogP) is 2.22. The molecule has 4 N–H and O–H groups in total. The maximum Gasteiger partial charge on any atom is 0.335 e. The van der Waals surface area contributed by atoms with Crippen molar-refractivity contribution in [1.29, 1.82) is 0 Å². The summed E-state index contributed by atoms with van der Waals surface area (Å²) in [5, 5.41) is 32.9. The van der Waals surface area contributed by atoms with Crippen LogP contribution in [-0.4, -0.2) is 51.5 Å². The minimum absolute atomic E-state index is 0.112. The summed E-state index contributed by atoms with van der Waals surface area (Å²) in [5.41, 5.74) is 0.0128. The van der Waals surface area contributed by atoms with E-state index in [1.165, 1.54) is 17.0 Å². The zero-order valence-electron chi connectivity index (χ0n) is 15.5. The van der Waals surface area contributed by atoms with Crippen LogP contribution in [0.25, 0.3) is 0 Å². The van der Waals surface area contributed by atoms with Crippen molar-refractivity contribution >= 4 is 23.3 Å². The van der Waals surface area contributed by atoms with E-state index >= 15 is 0 Å². The Morgan fingerprint density at radius 1 is 1.35 bits per heavy atom. The van der Waals surface area contributed by atoms with E-state index in [9.17, 15) is 24.9 Å². The van der Waals surface area contributed by atoms with Crippen molar-refractivity contribution in [1.82, 2.24) is 0 Å². The monoisotopic (exact) mass is 364 g/mol. The van der Waals surface area contributed by atoms with Crippen LogP contribution in [0.2, 0.25) is 0 Å². The Balaban J connectivity index is 2.58. The number of carboxylic acid groups (broad SMARTS) is 1. The van der Waals surface area contributed by atoms with E-state index in [0.29, 0.717) is 17.8 Å². The number of rotatable bonds is 8. The molecule has 2 atom stereocenters. The third-order valence-electron chi connectivity index (χ3n) is 5.35. The zero-order chi connectivity index (χ0) is 19.5. The lowest BCUT2D eigenvalue weighted by Gasteiger charge is -2.40. The highest BCUT2D eigenvalue weighted by Gasteiger charge is 2.50. The molecule has 144 valence electrons. The largest absolute Gasteiger partial charge is 0.478 e.